The standard InChI is InChI=1S/C84H48N2O2S3/c1-2-20-58-57(19-1)66-45-55(85(73-27-13-25-64-60-21-3-7-29-75(60)87-83(64)73)53-17-11-15-49(41-53)51-33-38-79-69(43-51)62-23-5-9-31-77(62)89-79)35-37-59(66)68-48-82-72(47-67(58)68)71-46-56(36-40-81(71)91-82)86(74-28-14-26-65-61-22-4-8-30-76(61)88-84(65)74)54-18-12-16-50(42-54)52-34-39-80-70(44-52)63-24-6-10-32-78(63)90-80/h1-48H. The van der Waals surface area contributed by atoms with Gasteiger partial charge >= 0.3 is 0 Å². The van der Waals surface area contributed by atoms with E-state index in [1.807, 2.05) is 34.0 Å². The molecule has 0 bridgehead atoms. The lowest BCUT2D eigenvalue weighted by atomic mass is 9.92. The zero-order valence-electron chi connectivity index (χ0n) is 48.6. The highest BCUT2D eigenvalue weighted by molar-refractivity contribution is 7.26. The van der Waals surface area contributed by atoms with E-state index >= 15 is 0 Å². The van der Waals surface area contributed by atoms with Crippen LogP contribution >= 0.6 is 34.0 Å². The number of benzene rings is 15. The molecule has 5 aromatic heterocycles. The van der Waals surface area contributed by atoms with Crippen molar-refractivity contribution in [3.8, 4) is 22.3 Å². The maximum Gasteiger partial charge on any atom is 0.159 e. The third kappa shape index (κ3) is 7.85. The molecule has 0 aliphatic heterocycles. The first kappa shape index (κ1) is 50.9. The van der Waals surface area contributed by atoms with Crippen LogP contribution in [0.3, 0.4) is 0 Å². The van der Waals surface area contributed by atoms with E-state index in [2.05, 4.69) is 301 Å². The molecule has 0 atom stereocenters. The fourth-order valence-corrected chi connectivity index (χ4v) is 17.9. The molecule has 424 valence electrons. The Hall–Kier alpha value is -11.1. The summed E-state index contributed by atoms with van der Waals surface area (Å²) in [5, 5.41) is 19.3. The summed E-state index contributed by atoms with van der Waals surface area (Å²) in [6, 6.07) is 107. The highest BCUT2D eigenvalue weighted by Gasteiger charge is 2.25. The van der Waals surface area contributed by atoms with Crippen molar-refractivity contribution in [2.75, 3.05) is 9.80 Å². The molecule has 20 rings (SSSR count). The van der Waals surface area contributed by atoms with Gasteiger partial charge in [0.2, 0.25) is 0 Å². The number of hydrogen-bond donors (Lipinski definition) is 0. The van der Waals surface area contributed by atoms with Crippen molar-refractivity contribution in [3.63, 3.8) is 0 Å². The first-order valence-electron chi connectivity index (χ1n) is 30.8. The molecular weight excluding hydrogens is 1170 g/mol. The zero-order valence-corrected chi connectivity index (χ0v) is 51.1. The topological polar surface area (TPSA) is 32.8 Å². The molecule has 0 saturated carbocycles. The monoisotopic (exact) mass is 1210 g/mol. The van der Waals surface area contributed by atoms with Crippen molar-refractivity contribution in [1.29, 1.82) is 0 Å². The fraction of sp³-hybridized carbons (Fsp3) is 0. The second-order valence-corrected chi connectivity index (χ2v) is 27.1. The number of thiophene rings is 3. The zero-order chi connectivity index (χ0) is 59.4. The van der Waals surface area contributed by atoms with Crippen molar-refractivity contribution in [2.24, 2.45) is 0 Å². The summed E-state index contributed by atoms with van der Waals surface area (Å²) in [7, 11) is 0. The van der Waals surface area contributed by atoms with Crippen molar-refractivity contribution in [2.45, 2.75) is 0 Å². The summed E-state index contributed by atoms with van der Waals surface area (Å²) in [5.74, 6) is 0. The quantitative estimate of drug-likeness (QED) is 0.142. The molecule has 0 fully saturated rings. The number of para-hydroxylation sites is 4. The molecule has 0 aliphatic carbocycles. The Kier molecular flexibility index (Phi) is 11.0. The molecule has 4 nitrogen and oxygen atoms in total. The Bertz CT molecular complexity index is 6460. The van der Waals surface area contributed by atoms with Gasteiger partial charge in [-0.2, -0.15) is 0 Å². The second-order valence-electron chi connectivity index (χ2n) is 23.8. The lowest BCUT2D eigenvalue weighted by Crippen LogP contribution is -2.10. The lowest BCUT2D eigenvalue weighted by molar-refractivity contribution is 0.668. The van der Waals surface area contributed by atoms with E-state index in [1.165, 1.54) is 104 Å². The molecule has 0 radical (unpaired) electrons. The maximum atomic E-state index is 6.87. The van der Waals surface area contributed by atoms with Crippen LogP contribution in [-0.4, -0.2) is 0 Å². The number of anilines is 6. The first-order valence-corrected chi connectivity index (χ1v) is 33.2. The Morgan fingerprint density at radius 3 is 1.12 bits per heavy atom. The Morgan fingerprint density at radius 2 is 0.560 bits per heavy atom. The van der Waals surface area contributed by atoms with Gasteiger partial charge in [0.1, 0.15) is 11.2 Å². The first-order chi connectivity index (χ1) is 45.1. The number of nitrogens with zero attached hydrogens (tertiary/aromatic N) is 2. The van der Waals surface area contributed by atoms with Crippen LogP contribution in [0.25, 0.3) is 159 Å². The molecule has 0 saturated heterocycles. The van der Waals surface area contributed by atoms with Crippen molar-refractivity contribution < 1.29 is 8.83 Å². The molecule has 0 aliphatic rings. The van der Waals surface area contributed by atoms with Gasteiger partial charge in [-0.3, -0.25) is 0 Å². The van der Waals surface area contributed by atoms with Gasteiger partial charge in [-0.15, -0.1) is 34.0 Å². The average molecular weight is 1210 g/mol. The van der Waals surface area contributed by atoms with E-state index in [9.17, 15) is 0 Å². The van der Waals surface area contributed by atoms with Gasteiger partial charge in [-0.1, -0.05) is 164 Å². The molecule has 0 N–H and O–H groups in total. The van der Waals surface area contributed by atoms with Gasteiger partial charge in [0.05, 0.1) is 11.4 Å². The lowest BCUT2D eigenvalue weighted by Gasteiger charge is -2.27. The van der Waals surface area contributed by atoms with Crippen LogP contribution in [0.4, 0.5) is 34.1 Å². The van der Waals surface area contributed by atoms with Crippen LogP contribution in [0.15, 0.2) is 300 Å². The van der Waals surface area contributed by atoms with Crippen LogP contribution in [0.1, 0.15) is 0 Å². The number of rotatable bonds is 8. The summed E-state index contributed by atoms with van der Waals surface area (Å²) in [6.07, 6.45) is 0. The van der Waals surface area contributed by atoms with E-state index in [-0.39, 0.29) is 0 Å². The molecular formula is C84H48N2O2S3. The number of furan rings is 2. The van der Waals surface area contributed by atoms with Gasteiger partial charge in [0.25, 0.3) is 0 Å². The average Bonchev–Trinajstić information content (AvgIpc) is 1.77. The molecule has 7 heteroatoms. The summed E-state index contributed by atoms with van der Waals surface area (Å²) in [6.45, 7) is 0. The molecule has 15 aromatic carbocycles. The summed E-state index contributed by atoms with van der Waals surface area (Å²) in [5.41, 5.74) is 14.3. The van der Waals surface area contributed by atoms with E-state index in [0.29, 0.717) is 0 Å². The fourth-order valence-electron chi connectivity index (χ4n) is 14.6. The SMILES string of the molecule is c1cc(-c2ccc3sc4ccccc4c3c2)cc(N(c2ccc3sc4cc5c6ccc(N(c7cccc(-c8ccc9sc%10ccccc%10c9c8)c7)c7cccc8c7oc7ccccc78)cc6c6ccccc6c5cc4c3c2)c2cccc3c2oc2ccccc23)c1. The minimum absolute atomic E-state index is 0.850. The highest BCUT2D eigenvalue weighted by Crippen LogP contribution is 2.50. The molecule has 20 aromatic rings. The molecule has 0 spiro atoms. The van der Waals surface area contributed by atoms with Crippen molar-refractivity contribution >= 4 is 205 Å². The Labute approximate surface area is 533 Å². The smallest absolute Gasteiger partial charge is 0.159 e. The Balaban J connectivity index is 0.756. The summed E-state index contributed by atoms with van der Waals surface area (Å²) < 4.78 is 21.4. The van der Waals surface area contributed by atoms with E-state index in [1.54, 1.807) is 0 Å². The van der Waals surface area contributed by atoms with Crippen LogP contribution in [0.2, 0.25) is 0 Å². The predicted molar refractivity (Wildman–Crippen MR) is 392 cm³/mol. The summed E-state index contributed by atoms with van der Waals surface area (Å²) in [4.78, 5) is 4.80. The maximum absolute atomic E-state index is 6.87. The van der Waals surface area contributed by atoms with Crippen molar-refractivity contribution in [1.82, 2.24) is 0 Å². The van der Waals surface area contributed by atoms with Crippen LogP contribution in [0.5, 0.6) is 0 Å². The summed E-state index contributed by atoms with van der Waals surface area (Å²) >= 11 is 5.57. The molecule has 91 heavy (non-hydrogen) atoms. The molecule has 0 unspecified atom stereocenters. The Morgan fingerprint density at radius 1 is 0.198 bits per heavy atom. The third-order valence-corrected chi connectivity index (χ3v) is 22.2. The minimum Gasteiger partial charge on any atom is -0.454 e. The third-order valence-electron chi connectivity index (χ3n) is 18.8. The normalized spacial score (nSPS) is 12.2. The van der Waals surface area contributed by atoms with Crippen LogP contribution < -0.4 is 9.80 Å². The number of fused-ring (bicyclic) bond motifs is 21. The minimum atomic E-state index is 0.850. The van der Waals surface area contributed by atoms with Crippen LogP contribution in [0, 0.1) is 0 Å². The molecule has 0 amide bonds. The van der Waals surface area contributed by atoms with Gasteiger partial charge in [0.15, 0.2) is 11.2 Å². The van der Waals surface area contributed by atoms with Gasteiger partial charge in [0, 0.05) is 105 Å². The van der Waals surface area contributed by atoms with Gasteiger partial charge in [-0.25, -0.2) is 0 Å². The predicted octanol–water partition coefficient (Wildman–Crippen LogP) is 26.3. The van der Waals surface area contributed by atoms with Gasteiger partial charge < -0.3 is 18.6 Å². The highest BCUT2D eigenvalue weighted by atomic mass is 32.1. The van der Waals surface area contributed by atoms with Crippen molar-refractivity contribution in [3.05, 3.63) is 291 Å². The van der Waals surface area contributed by atoms with Gasteiger partial charge in [-0.05, 0) is 182 Å². The largest absolute Gasteiger partial charge is 0.454 e. The van der Waals surface area contributed by atoms with E-state index < -0.39 is 0 Å². The number of hydrogen-bond acceptors (Lipinski definition) is 7. The second kappa shape index (κ2) is 19.7. The molecule has 5 heterocycles. The van der Waals surface area contributed by atoms with E-state index in [0.717, 1.165) is 89.1 Å². The van der Waals surface area contributed by atoms with E-state index in [4.69, 9.17) is 8.83 Å². The van der Waals surface area contributed by atoms with Crippen LogP contribution in [-0.2, 0) is 0 Å².